The number of carbonyl (C=O) groups is 1. The molecule has 0 aliphatic heterocycles. The van der Waals surface area contributed by atoms with Crippen molar-refractivity contribution in [2.45, 2.75) is 26.4 Å². The maximum atomic E-state index is 11.0. The number of ether oxygens (including phenoxy) is 2. The number of carbonyl (C=O) groups excluding carboxylic acids is 1. The zero-order chi connectivity index (χ0) is 11.0. The van der Waals surface area contributed by atoms with Gasteiger partial charge in [0.15, 0.2) is 0 Å². The highest BCUT2D eigenvalue weighted by atomic mass is 16.6. The molecule has 1 amide bonds. The van der Waals surface area contributed by atoms with E-state index in [0.717, 1.165) is 0 Å². The summed E-state index contributed by atoms with van der Waals surface area (Å²) < 4.78 is 9.81. The van der Waals surface area contributed by atoms with Gasteiger partial charge in [-0.1, -0.05) is 0 Å². The quantitative estimate of drug-likeness (QED) is 0.688. The van der Waals surface area contributed by atoms with Crippen LogP contribution < -0.4 is 5.32 Å². The van der Waals surface area contributed by atoms with Crippen molar-refractivity contribution in [1.82, 2.24) is 5.32 Å². The van der Waals surface area contributed by atoms with Gasteiger partial charge in [-0.05, 0) is 20.8 Å². The third-order valence-electron chi connectivity index (χ3n) is 1.08. The van der Waals surface area contributed by atoms with Crippen LogP contribution in [0.1, 0.15) is 20.8 Å². The summed E-state index contributed by atoms with van der Waals surface area (Å²) in [7, 11) is 0. The van der Waals surface area contributed by atoms with E-state index in [2.05, 4.69) is 5.32 Å². The van der Waals surface area contributed by atoms with Crippen LogP contribution in [-0.2, 0) is 9.47 Å². The van der Waals surface area contributed by atoms with E-state index < -0.39 is 11.7 Å². The lowest BCUT2D eigenvalue weighted by molar-refractivity contribution is 0.0506. The Morgan fingerprint density at radius 2 is 2.14 bits per heavy atom. The van der Waals surface area contributed by atoms with Gasteiger partial charge >= 0.3 is 6.09 Å². The van der Waals surface area contributed by atoms with Gasteiger partial charge in [0, 0.05) is 6.54 Å². The Labute approximate surface area is 84.0 Å². The molecular weight excluding hydrogens is 184 g/mol. The molecule has 0 unspecified atom stereocenters. The normalized spacial score (nSPS) is 10.4. The van der Waals surface area contributed by atoms with E-state index in [4.69, 9.17) is 14.7 Å². The van der Waals surface area contributed by atoms with Gasteiger partial charge in [0.2, 0.25) is 0 Å². The first kappa shape index (κ1) is 12.7. The maximum Gasteiger partial charge on any atom is 0.407 e. The molecule has 0 aliphatic carbocycles. The summed E-state index contributed by atoms with van der Waals surface area (Å²) in [6.45, 7) is 6.07. The molecule has 0 radical (unpaired) electrons. The number of rotatable bonds is 4. The fraction of sp³-hybridized carbons (Fsp3) is 0.778. The summed E-state index contributed by atoms with van der Waals surface area (Å²) in [5, 5.41) is 10.6. The van der Waals surface area contributed by atoms with Gasteiger partial charge in [0.1, 0.15) is 12.2 Å². The Balaban J connectivity index is 3.42. The molecule has 0 bridgehead atoms. The number of hydrogen-bond acceptors (Lipinski definition) is 4. The average molecular weight is 200 g/mol. The Bertz CT molecular complexity index is 215. The smallest absolute Gasteiger partial charge is 0.407 e. The van der Waals surface area contributed by atoms with Gasteiger partial charge in [-0.25, -0.2) is 4.79 Å². The van der Waals surface area contributed by atoms with Crippen LogP contribution in [0, 0.1) is 11.3 Å². The molecule has 0 aromatic rings. The SMILES string of the molecule is CC(C)(C)OC(=O)NCCOCC#N. The molecule has 14 heavy (non-hydrogen) atoms. The van der Waals surface area contributed by atoms with E-state index in [-0.39, 0.29) is 6.61 Å². The third-order valence-corrected chi connectivity index (χ3v) is 1.08. The van der Waals surface area contributed by atoms with Crippen LogP contribution in [-0.4, -0.2) is 31.5 Å². The van der Waals surface area contributed by atoms with Gasteiger partial charge in [0.05, 0.1) is 12.7 Å². The molecule has 5 nitrogen and oxygen atoms in total. The van der Waals surface area contributed by atoms with Crippen LogP contribution in [0.5, 0.6) is 0 Å². The summed E-state index contributed by atoms with van der Waals surface area (Å²) in [6, 6.07) is 1.83. The minimum absolute atomic E-state index is 0.0377. The Morgan fingerprint density at radius 1 is 1.50 bits per heavy atom. The highest BCUT2D eigenvalue weighted by Crippen LogP contribution is 2.05. The Kier molecular flexibility index (Phi) is 5.65. The molecule has 0 rings (SSSR count). The van der Waals surface area contributed by atoms with Crippen molar-refractivity contribution in [3.63, 3.8) is 0 Å². The molecule has 0 aromatic carbocycles. The Hall–Kier alpha value is -1.28. The third kappa shape index (κ3) is 8.81. The van der Waals surface area contributed by atoms with Crippen molar-refractivity contribution in [3.8, 4) is 6.07 Å². The van der Waals surface area contributed by atoms with Crippen LogP contribution in [0.15, 0.2) is 0 Å². The monoisotopic (exact) mass is 200 g/mol. The molecule has 0 saturated heterocycles. The highest BCUT2D eigenvalue weighted by molar-refractivity contribution is 5.67. The Morgan fingerprint density at radius 3 is 2.64 bits per heavy atom. The van der Waals surface area contributed by atoms with Gasteiger partial charge in [-0.2, -0.15) is 5.26 Å². The van der Waals surface area contributed by atoms with E-state index in [0.29, 0.717) is 13.2 Å². The second kappa shape index (κ2) is 6.22. The summed E-state index contributed by atoms with van der Waals surface area (Å²) in [5.41, 5.74) is -0.488. The highest BCUT2D eigenvalue weighted by Gasteiger charge is 2.15. The van der Waals surface area contributed by atoms with Crippen molar-refractivity contribution in [1.29, 1.82) is 5.26 Å². The zero-order valence-corrected chi connectivity index (χ0v) is 8.79. The van der Waals surface area contributed by atoms with Crippen LogP contribution in [0.3, 0.4) is 0 Å². The first-order valence-corrected chi connectivity index (χ1v) is 4.37. The first-order chi connectivity index (χ1) is 6.45. The van der Waals surface area contributed by atoms with Crippen LogP contribution in [0.25, 0.3) is 0 Å². The first-order valence-electron chi connectivity index (χ1n) is 4.37. The number of nitrogens with one attached hydrogen (secondary N) is 1. The molecule has 0 fully saturated rings. The van der Waals surface area contributed by atoms with Crippen molar-refractivity contribution < 1.29 is 14.3 Å². The molecule has 0 heterocycles. The molecule has 1 N–H and O–H groups in total. The largest absolute Gasteiger partial charge is 0.444 e. The van der Waals surface area contributed by atoms with Gasteiger partial charge in [-0.3, -0.25) is 0 Å². The van der Waals surface area contributed by atoms with Crippen LogP contribution in [0.2, 0.25) is 0 Å². The standard InChI is InChI=1S/C9H16N2O3/c1-9(2,3)14-8(12)11-5-7-13-6-4-10/h5-7H2,1-3H3,(H,11,12). The number of alkyl carbamates (subject to hydrolysis) is 1. The van der Waals surface area contributed by atoms with Crippen molar-refractivity contribution in [2.75, 3.05) is 19.8 Å². The van der Waals surface area contributed by atoms with E-state index in [1.165, 1.54) is 0 Å². The second-order valence-electron chi connectivity index (χ2n) is 3.64. The van der Waals surface area contributed by atoms with E-state index in [1.54, 1.807) is 20.8 Å². The molecule has 80 valence electrons. The molecule has 0 aromatic heterocycles. The molecular formula is C9H16N2O3. The lowest BCUT2D eigenvalue weighted by Crippen LogP contribution is -2.34. The summed E-state index contributed by atoms with van der Waals surface area (Å²) in [6.07, 6.45) is -0.474. The second-order valence-corrected chi connectivity index (χ2v) is 3.64. The summed E-state index contributed by atoms with van der Waals surface area (Å²) in [4.78, 5) is 11.0. The fourth-order valence-electron chi connectivity index (χ4n) is 0.657. The number of nitriles is 1. The van der Waals surface area contributed by atoms with Crippen molar-refractivity contribution in [3.05, 3.63) is 0 Å². The molecule has 0 saturated carbocycles. The summed E-state index contributed by atoms with van der Waals surface area (Å²) in [5.74, 6) is 0. The molecule has 5 heteroatoms. The van der Waals surface area contributed by atoms with E-state index in [9.17, 15) is 4.79 Å². The molecule has 0 aliphatic rings. The van der Waals surface area contributed by atoms with Crippen LogP contribution >= 0.6 is 0 Å². The van der Waals surface area contributed by atoms with E-state index >= 15 is 0 Å². The maximum absolute atomic E-state index is 11.0. The van der Waals surface area contributed by atoms with Crippen molar-refractivity contribution in [2.24, 2.45) is 0 Å². The van der Waals surface area contributed by atoms with Crippen LogP contribution in [0.4, 0.5) is 4.79 Å². The van der Waals surface area contributed by atoms with Gasteiger partial charge in [0.25, 0.3) is 0 Å². The minimum atomic E-state index is -0.488. The minimum Gasteiger partial charge on any atom is -0.444 e. The predicted molar refractivity (Wildman–Crippen MR) is 50.7 cm³/mol. The predicted octanol–water partition coefficient (Wildman–Crippen LogP) is 1.05. The lowest BCUT2D eigenvalue weighted by atomic mass is 10.2. The number of hydrogen-bond donors (Lipinski definition) is 1. The van der Waals surface area contributed by atoms with E-state index in [1.807, 2.05) is 6.07 Å². The lowest BCUT2D eigenvalue weighted by Gasteiger charge is -2.19. The molecule has 0 atom stereocenters. The fourth-order valence-corrected chi connectivity index (χ4v) is 0.657. The average Bonchev–Trinajstić information content (AvgIpc) is 2.00. The topological polar surface area (TPSA) is 71.3 Å². The number of amides is 1. The summed E-state index contributed by atoms with van der Waals surface area (Å²) >= 11 is 0. The van der Waals surface area contributed by atoms with Gasteiger partial charge in [-0.15, -0.1) is 0 Å². The number of nitrogens with zero attached hydrogens (tertiary/aromatic N) is 1. The van der Waals surface area contributed by atoms with Crippen molar-refractivity contribution >= 4 is 6.09 Å². The molecule has 0 spiro atoms. The van der Waals surface area contributed by atoms with Gasteiger partial charge < -0.3 is 14.8 Å². The zero-order valence-electron chi connectivity index (χ0n) is 8.79.